The van der Waals surface area contributed by atoms with Crippen LogP contribution in [0.25, 0.3) is 0 Å². The molecule has 3 aromatic carbocycles. The number of anilines is 1. The molecule has 9 heteroatoms. The van der Waals surface area contributed by atoms with E-state index < -0.39 is 11.8 Å². The molecule has 2 N–H and O–H groups in total. The van der Waals surface area contributed by atoms with Crippen LogP contribution in [0.4, 0.5) is 5.69 Å². The predicted octanol–water partition coefficient (Wildman–Crippen LogP) is 5.79. The van der Waals surface area contributed by atoms with Gasteiger partial charge in [0.25, 0.3) is 0 Å². The van der Waals surface area contributed by atoms with Gasteiger partial charge >= 0.3 is 11.8 Å². The van der Waals surface area contributed by atoms with E-state index in [2.05, 4.69) is 31.8 Å². The van der Waals surface area contributed by atoms with Crippen LogP contribution >= 0.6 is 27.5 Å². The number of carbonyl (C=O) groups excluding carboxylic acids is 2. The highest BCUT2D eigenvalue weighted by molar-refractivity contribution is 9.10. The SMILES string of the molecule is CCOc1cc(/C=N/NC(=O)C(=O)Nc2cc(C)cc(C)c2)cc(Br)c1OCc1cccc(Cl)c1. The van der Waals surface area contributed by atoms with Crippen LogP contribution in [0.15, 0.2) is 64.2 Å². The lowest BCUT2D eigenvalue weighted by molar-refractivity contribution is -0.136. The molecule has 182 valence electrons. The van der Waals surface area contributed by atoms with E-state index in [1.54, 1.807) is 30.3 Å². The Morgan fingerprint density at radius 1 is 1.03 bits per heavy atom. The molecular formula is C26H25BrClN3O4. The number of halogens is 2. The molecule has 35 heavy (non-hydrogen) atoms. The van der Waals surface area contributed by atoms with Gasteiger partial charge in [0.2, 0.25) is 0 Å². The van der Waals surface area contributed by atoms with E-state index in [1.165, 1.54) is 6.21 Å². The van der Waals surface area contributed by atoms with Gasteiger partial charge in [-0.2, -0.15) is 5.10 Å². The summed E-state index contributed by atoms with van der Waals surface area (Å²) in [6.07, 6.45) is 1.41. The summed E-state index contributed by atoms with van der Waals surface area (Å²) in [4.78, 5) is 24.3. The Hall–Kier alpha value is -3.36. The smallest absolute Gasteiger partial charge is 0.329 e. The van der Waals surface area contributed by atoms with Crippen molar-refractivity contribution in [2.45, 2.75) is 27.4 Å². The number of benzene rings is 3. The zero-order chi connectivity index (χ0) is 25.4. The molecular weight excluding hydrogens is 534 g/mol. The molecule has 0 aliphatic heterocycles. The maximum atomic E-state index is 12.2. The van der Waals surface area contributed by atoms with Gasteiger partial charge in [0, 0.05) is 10.7 Å². The van der Waals surface area contributed by atoms with Crippen molar-refractivity contribution in [3.8, 4) is 11.5 Å². The topological polar surface area (TPSA) is 89.0 Å². The monoisotopic (exact) mass is 557 g/mol. The summed E-state index contributed by atoms with van der Waals surface area (Å²) in [6, 6.07) is 16.4. The number of ether oxygens (including phenoxy) is 2. The van der Waals surface area contributed by atoms with Crippen LogP contribution < -0.4 is 20.2 Å². The number of amides is 2. The van der Waals surface area contributed by atoms with Crippen LogP contribution in [0.3, 0.4) is 0 Å². The Kier molecular flexibility index (Phi) is 9.28. The van der Waals surface area contributed by atoms with Crippen molar-refractivity contribution in [1.82, 2.24) is 5.43 Å². The minimum atomic E-state index is -0.883. The molecule has 0 unspecified atom stereocenters. The lowest BCUT2D eigenvalue weighted by Crippen LogP contribution is -2.32. The second kappa shape index (κ2) is 12.4. The average molecular weight is 559 g/mol. The summed E-state index contributed by atoms with van der Waals surface area (Å²) >= 11 is 9.55. The Balaban J connectivity index is 1.66. The third kappa shape index (κ3) is 7.83. The van der Waals surface area contributed by atoms with Gasteiger partial charge in [-0.05, 0) is 95.4 Å². The molecule has 2 amide bonds. The van der Waals surface area contributed by atoms with Gasteiger partial charge in [-0.25, -0.2) is 5.43 Å². The van der Waals surface area contributed by atoms with Crippen molar-refractivity contribution in [2.75, 3.05) is 11.9 Å². The summed E-state index contributed by atoms with van der Waals surface area (Å²) in [7, 11) is 0. The van der Waals surface area contributed by atoms with Crippen molar-refractivity contribution >= 4 is 51.2 Å². The van der Waals surface area contributed by atoms with Crippen molar-refractivity contribution in [2.24, 2.45) is 5.10 Å². The fraction of sp³-hybridized carbons (Fsp3) is 0.192. The number of hydrogen-bond acceptors (Lipinski definition) is 5. The highest BCUT2D eigenvalue weighted by Gasteiger charge is 2.14. The highest BCUT2D eigenvalue weighted by atomic mass is 79.9. The molecule has 0 spiro atoms. The van der Waals surface area contributed by atoms with Crippen molar-refractivity contribution in [3.63, 3.8) is 0 Å². The fourth-order valence-electron chi connectivity index (χ4n) is 3.30. The summed E-state index contributed by atoms with van der Waals surface area (Å²) in [6.45, 7) is 6.42. The highest BCUT2D eigenvalue weighted by Crippen LogP contribution is 2.37. The van der Waals surface area contributed by atoms with Gasteiger partial charge in [-0.15, -0.1) is 0 Å². The van der Waals surface area contributed by atoms with Crippen LogP contribution in [0.5, 0.6) is 11.5 Å². The summed E-state index contributed by atoms with van der Waals surface area (Å²) in [5, 5.41) is 7.10. The first-order valence-corrected chi connectivity index (χ1v) is 12.0. The summed E-state index contributed by atoms with van der Waals surface area (Å²) < 4.78 is 12.3. The second-order valence-corrected chi connectivity index (χ2v) is 9.00. The van der Waals surface area contributed by atoms with Gasteiger partial charge in [0.15, 0.2) is 11.5 Å². The number of aryl methyl sites for hydroxylation is 2. The first-order valence-electron chi connectivity index (χ1n) is 10.8. The molecule has 0 fully saturated rings. The number of nitrogens with zero attached hydrogens (tertiary/aromatic N) is 1. The van der Waals surface area contributed by atoms with E-state index in [0.29, 0.717) is 45.5 Å². The minimum absolute atomic E-state index is 0.304. The van der Waals surface area contributed by atoms with E-state index in [-0.39, 0.29) is 0 Å². The number of nitrogens with one attached hydrogen (secondary N) is 2. The maximum Gasteiger partial charge on any atom is 0.329 e. The molecule has 0 saturated heterocycles. The molecule has 0 aliphatic rings. The lowest BCUT2D eigenvalue weighted by Gasteiger charge is -2.15. The summed E-state index contributed by atoms with van der Waals surface area (Å²) in [5.74, 6) is -0.663. The number of hydrazone groups is 1. The van der Waals surface area contributed by atoms with Crippen LogP contribution in [-0.2, 0) is 16.2 Å². The van der Waals surface area contributed by atoms with Crippen LogP contribution in [0, 0.1) is 13.8 Å². The first kappa shape index (κ1) is 26.2. The molecule has 0 bridgehead atoms. The van der Waals surface area contributed by atoms with E-state index in [9.17, 15) is 9.59 Å². The van der Waals surface area contributed by atoms with Crippen LogP contribution in [0.2, 0.25) is 5.02 Å². The molecule has 3 aromatic rings. The van der Waals surface area contributed by atoms with Gasteiger partial charge in [-0.3, -0.25) is 9.59 Å². The van der Waals surface area contributed by atoms with Gasteiger partial charge in [-0.1, -0.05) is 29.8 Å². The molecule has 0 radical (unpaired) electrons. The molecule has 0 aromatic heterocycles. The minimum Gasteiger partial charge on any atom is -0.490 e. The van der Waals surface area contributed by atoms with E-state index in [1.807, 2.05) is 45.0 Å². The zero-order valence-electron chi connectivity index (χ0n) is 19.5. The third-order valence-electron chi connectivity index (χ3n) is 4.67. The quantitative estimate of drug-likeness (QED) is 0.208. The predicted molar refractivity (Wildman–Crippen MR) is 141 cm³/mol. The van der Waals surface area contributed by atoms with E-state index >= 15 is 0 Å². The van der Waals surface area contributed by atoms with E-state index in [4.69, 9.17) is 21.1 Å². The zero-order valence-corrected chi connectivity index (χ0v) is 21.9. The molecule has 7 nitrogen and oxygen atoms in total. The molecule has 0 heterocycles. The number of hydrogen-bond donors (Lipinski definition) is 2. The van der Waals surface area contributed by atoms with Gasteiger partial charge in [0.05, 0.1) is 17.3 Å². The average Bonchev–Trinajstić information content (AvgIpc) is 2.78. The van der Waals surface area contributed by atoms with E-state index in [0.717, 1.165) is 16.7 Å². The normalized spacial score (nSPS) is 10.8. The first-order chi connectivity index (χ1) is 16.7. The number of carbonyl (C=O) groups is 2. The lowest BCUT2D eigenvalue weighted by atomic mass is 10.1. The van der Waals surface area contributed by atoms with Crippen LogP contribution in [-0.4, -0.2) is 24.6 Å². The largest absolute Gasteiger partial charge is 0.490 e. The standard InChI is InChI=1S/C26H25BrClN3O4/c1-4-34-23-13-19(12-22(27)24(23)35-15-18-6-5-7-20(28)11-18)14-29-31-26(33)25(32)30-21-9-16(2)8-17(3)10-21/h5-14H,4,15H2,1-3H3,(H,30,32)(H,31,33)/b29-14+. The van der Waals surface area contributed by atoms with Crippen molar-refractivity contribution in [3.05, 3.63) is 86.3 Å². The number of rotatable bonds is 8. The molecule has 0 atom stereocenters. The Morgan fingerprint density at radius 2 is 1.77 bits per heavy atom. The second-order valence-electron chi connectivity index (χ2n) is 7.71. The van der Waals surface area contributed by atoms with Crippen molar-refractivity contribution in [1.29, 1.82) is 0 Å². The van der Waals surface area contributed by atoms with Crippen LogP contribution in [0.1, 0.15) is 29.2 Å². The Morgan fingerprint density at radius 3 is 2.46 bits per heavy atom. The van der Waals surface area contributed by atoms with Crippen molar-refractivity contribution < 1.29 is 19.1 Å². The molecule has 0 aliphatic carbocycles. The van der Waals surface area contributed by atoms with Gasteiger partial charge in [0.1, 0.15) is 6.61 Å². The molecule has 3 rings (SSSR count). The molecule has 0 saturated carbocycles. The van der Waals surface area contributed by atoms with Gasteiger partial charge < -0.3 is 14.8 Å². The Bertz CT molecular complexity index is 1240. The Labute approximate surface area is 217 Å². The maximum absolute atomic E-state index is 12.2. The fourth-order valence-corrected chi connectivity index (χ4v) is 4.09. The third-order valence-corrected chi connectivity index (χ3v) is 5.49. The summed E-state index contributed by atoms with van der Waals surface area (Å²) in [5.41, 5.74) is 6.29.